The first-order valence-electron chi connectivity index (χ1n) is 8.79. The summed E-state index contributed by atoms with van der Waals surface area (Å²) < 4.78 is 41.9. The van der Waals surface area contributed by atoms with Crippen molar-refractivity contribution in [3.8, 4) is 0 Å². The first-order chi connectivity index (χ1) is 13.4. The van der Waals surface area contributed by atoms with Crippen LogP contribution in [0.1, 0.15) is 12.6 Å². The fourth-order valence-corrected chi connectivity index (χ4v) is 5.53. The molecular weight excluding hydrogens is 405 g/mol. The molecule has 0 amide bonds. The third-order valence-electron chi connectivity index (χ3n) is 4.61. The molecule has 3 aromatic rings. The van der Waals surface area contributed by atoms with Crippen molar-refractivity contribution in [2.75, 3.05) is 31.1 Å². The van der Waals surface area contributed by atoms with E-state index in [-0.39, 0.29) is 23.5 Å². The van der Waals surface area contributed by atoms with E-state index in [1.807, 2.05) is 11.8 Å². The highest BCUT2D eigenvalue weighted by Gasteiger charge is 2.31. The Morgan fingerprint density at radius 2 is 1.89 bits per heavy atom. The summed E-state index contributed by atoms with van der Waals surface area (Å²) in [4.78, 5) is 18.7. The van der Waals surface area contributed by atoms with Gasteiger partial charge in [-0.2, -0.15) is 8.82 Å². The van der Waals surface area contributed by atoms with Crippen LogP contribution < -0.4 is 10.5 Å². The average molecular weight is 423 g/mol. The van der Waals surface area contributed by atoms with Crippen molar-refractivity contribution in [1.82, 2.24) is 18.9 Å². The van der Waals surface area contributed by atoms with E-state index in [2.05, 4.69) is 10.1 Å². The molecule has 0 bridgehead atoms. The van der Waals surface area contributed by atoms with Crippen LogP contribution in [0, 0.1) is 5.82 Å². The molecule has 3 heterocycles. The van der Waals surface area contributed by atoms with Gasteiger partial charge in [0.25, 0.3) is 5.56 Å². The molecule has 11 heteroatoms. The highest BCUT2D eigenvalue weighted by Crippen LogP contribution is 2.25. The normalized spacial score (nSPS) is 16.0. The van der Waals surface area contributed by atoms with Crippen molar-refractivity contribution < 1.29 is 12.8 Å². The Hall–Kier alpha value is -2.37. The Morgan fingerprint density at radius 3 is 2.57 bits per heavy atom. The second-order valence-corrected chi connectivity index (χ2v) is 9.18. The lowest BCUT2D eigenvalue weighted by atomic mass is 10.3. The van der Waals surface area contributed by atoms with Crippen LogP contribution in [0.3, 0.4) is 0 Å². The number of hydrogen-bond acceptors (Lipinski definition) is 7. The molecule has 1 aliphatic rings. The number of anilines is 1. The van der Waals surface area contributed by atoms with Gasteiger partial charge in [-0.25, -0.2) is 17.8 Å². The second kappa shape index (κ2) is 7.22. The van der Waals surface area contributed by atoms with Gasteiger partial charge < -0.3 is 4.90 Å². The third kappa shape index (κ3) is 3.29. The van der Waals surface area contributed by atoms with E-state index >= 15 is 0 Å². The summed E-state index contributed by atoms with van der Waals surface area (Å²) >= 11 is 1.29. The van der Waals surface area contributed by atoms with Crippen molar-refractivity contribution >= 4 is 31.5 Å². The molecule has 0 spiro atoms. The summed E-state index contributed by atoms with van der Waals surface area (Å²) in [6.07, 6.45) is 0.658. The van der Waals surface area contributed by atoms with Crippen molar-refractivity contribution in [2.45, 2.75) is 18.2 Å². The topological polar surface area (TPSA) is 87.9 Å². The molecule has 1 aromatic carbocycles. The van der Waals surface area contributed by atoms with Gasteiger partial charge in [-0.3, -0.25) is 4.79 Å². The lowest BCUT2D eigenvalue weighted by molar-refractivity contribution is 0.382. The number of rotatable bonds is 4. The largest absolute Gasteiger partial charge is 0.344 e. The zero-order chi connectivity index (χ0) is 19.9. The molecule has 4 rings (SSSR count). The fourth-order valence-electron chi connectivity index (χ4n) is 3.07. The molecule has 0 N–H and O–H groups in total. The van der Waals surface area contributed by atoms with Gasteiger partial charge in [-0.1, -0.05) is 30.4 Å². The predicted octanol–water partition coefficient (Wildman–Crippen LogP) is 1.36. The minimum atomic E-state index is -3.89. The zero-order valence-electron chi connectivity index (χ0n) is 15.1. The van der Waals surface area contributed by atoms with Gasteiger partial charge in [0.05, 0.1) is 0 Å². The van der Waals surface area contributed by atoms with Gasteiger partial charge in [0.1, 0.15) is 10.7 Å². The summed E-state index contributed by atoms with van der Waals surface area (Å²) in [5.41, 5.74) is 0.478. The van der Waals surface area contributed by atoms with Crippen LogP contribution in [-0.2, 0) is 16.4 Å². The highest BCUT2D eigenvalue weighted by molar-refractivity contribution is 7.89. The third-order valence-corrected chi connectivity index (χ3v) is 7.51. The number of benzene rings is 1. The summed E-state index contributed by atoms with van der Waals surface area (Å²) in [6.45, 7) is 3.12. The number of aryl methyl sites for hydroxylation is 1. The van der Waals surface area contributed by atoms with Gasteiger partial charge in [0.15, 0.2) is 0 Å². The summed E-state index contributed by atoms with van der Waals surface area (Å²) in [7, 11) is -3.89. The van der Waals surface area contributed by atoms with Crippen molar-refractivity contribution in [3.05, 3.63) is 52.2 Å². The van der Waals surface area contributed by atoms with Crippen molar-refractivity contribution in [2.24, 2.45) is 0 Å². The first kappa shape index (κ1) is 19.0. The summed E-state index contributed by atoms with van der Waals surface area (Å²) in [6, 6.07) is 6.84. The Labute approximate surface area is 164 Å². The molecule has 0 saturated carbocycles. The molecule has 1 aliphatic heterocycles. The molecule has 0 atom stereocenters. The summed E-state index contributed by atoms with van der Waals surface area (Å²) in [5.74, 6) is -0.756. The van der Waals surface area contributed by atoms with Gasteiger partial charge in [-0.05, 0) is 18.6 Å². The number of aromatic nitrogens is 3. The average Bonchev–Trinajstić information content (AvgIpc) is 3.13. The number of nitrogens with zero attached hydrogens (tertiary/aromatic N) is 5. The molecule has 1 saturated heterocycles. The van der Waals surface area contributed by atoms with Crippen LogP contribution >= 0.6 is 11.3 Å². The fraction of sp³-hybridized carbons (Fsp3) is 0.353. The van der Waals surface area contributed by atoms with E-state index in [1.54, 1.807) is 0 Å². The minimum Gasteiger partial charge on any atom is -0.344 e. The Balaban J connectivity index is 1.55. The van der Waals surface area contributed by atoms with Gasteiger partial charge in [-0.15, -0.1) is 5.10 Å². The lowest BCUT2D eigenvalue weighted by Gasteiger charge is -2.33. The molecule has 28 heavy (non-hydrogen) atoms. The van der Waals surface area contributed by atoms with Crippen molar-refractivity contribution in [1.29, 1.82) is 0 Å². The van der Waals surface area contributed by atoms with Crippen LogP contribution in [0.5, 0.6) is 0 Å². The Morgan fingerprint density at radius 1 is 1.18 bits per heavy atom. The first-order valence-corrected chi connectivity index (χ1v) is 11.0. The van der Waals surface area contributed by atoms with E-state index in [0.717, 1.165) is 6.07 Å². The van der Waals surface area contributed by atoms with Crippen LogP contribution in [0.15, 0.2) is 40.0 Å². The number of piperazine rings is 1. The Bertz CT molecular complexity index is 1180. The van der Waals surface area contributed by atoms with E-state index in [0.29, 0.717) is 35.3 Å². The van der Waals surface area contributed by atoms with Crippen LogP contribution in [0.25, 0.3) is 4.96 Å². The van der Waals surface area contributed by atoms with Gasteiger partial charge >= 0.3 is 0 Å². The Kier molecular flexibility index (Phi) is 4.89. The maximum atomic E-state index is 13.9. The maximum Gasteiger partial charge on any atom is 0.275 e. The smallest absolute Gasteiger partial charge is 0.275 e. The molecular formula is C17H18FN5O3S2. The van der Waals surface area contributed by atoms with Crippen LogP contribution in [0.2, 0.25) is 0 Å². The monoisotopic (exact) mass is 423 g/mol. The number of fused-ring (bicyclic) bond motifs is 1. The SMILES string of the molecule is CCc1cc(=O)n2nc(N3CCN(S(=O)(=O)c4ccccc4F)CC3)sc2n1. The molecule has 148 valence electrons. The van der Waals surface area contributed by atoms with Crippen LogP contribution in [-0.4, -0.2) is 53.5 Å². The highest BCUT2D eigenvalue weighted by atomic mass is 32.2. The molecule has 8 nitrogen and oxygen atoms in total. The molecule has 0 unspecified atom stereocenters. The zero-order valence-corrected chi connectivity index (χ0v) is 16.7. The summed E-state index contributed by atoms with van der Waals surface area (Å²) in [5, 5.41) is 4.94. The van der Waals surface area contributed by atoms with Gasteiger partial charge in [0.2, 0.25) is 20.1 Å². The predicted molar refractivity (Wildman–Crippen MR) is 104 cm³/mol. The van der Waals surface area contributed by atoms with E-state index < -0.39 is 15.8 Å². The van der Waals surface area contributed by atoms with Crippen LogP contribution in [0.4, 0.5) is 9.52 Å². The quantitative estimate of drug-likeness (QED) is 0.630. The molecule has 0 aliphatic carbocycles. The second-order valence-electron chi connectivity index (χ2n) is 6.34. The van der Waals surface area contributed by atoms with E-state index in [9.17, 15) is 17.6 Å². The van der Waals surface area contributed by atoms with E-state index in [4.69, 9.17) is 0 Å². The standard InChI is InChI=1S/C17H18FN5O3S2/c1-2-12-11-15(24)23-16(19-12)27-17(20-23)21-7-9-22(10-8-21)28(25,26)14-6-4-3-5-13(14)18/h3-6,11H,2,7-10H2,1H3. The number of sulfonamides is 1. The minimum absolute atomic E-state index is 0.204. The molecule has 0 radical (unpaired) electrons. The van der Waals surface area contributed by atoms with E-state index in [1.165, 1.54) is 44.4 Å². The molecule has 2 aromatic heterocycles. The number of halogens is 1. The van der Waals surface area contributed by atoms with Crippen molar-refractivity contribution in [3.63, 3.8) is 0 Å². The maximum absolute atomic E-state index is 13.9. The lowest BCUT2D eigenvalue weighted by Crippen LogP contribution is -2.48. The number of hydrogen-bond donors (Lipinski definition) is 0. The molecule has 1 fully saturated rings. The van der Waals surface area contributed by atoms with Gasteiger partial charge in [0, 0.05) is 37.9 Å².